The molecule has 0 saturated carbocycles. The lowest BCUT2D eigenvalue weighted by atomic mass is 9.93. The molecule has 1 amide bonds. The minimum absolute atomic E-state index is 0. The van der Waals surface area contributed by atoms with E-state index >= 15 is 0 Å². The number of aliphatic imine (C=N–C) groups is 1. The predicted octanol–water partition coefficient (Wildman–Crippen LogP) is 3.35. The van der Waals surface area contributed by atoms with Crippen LogP contribution in [0.2, 0.25) is 0 Å². The highest BCUT2D eigenvalue weighted by molar-refractivity contribution is 14.0. The number of amides is 1. The number of halogens is 1. The van der Waals surface area contributed by atoms with E-state index in [-0.39, 0.29) is 35.6 Å². The lowest BCUT2D eigenvalue weighted by molar-refractivity contribution is 0.0448. The number of ether oxygens (including phenoxy) is 2. The van der Waals surface area contributed by atoms with Crippen molar-refractivity contribution in [1.82, 2.24) is 20.9 Å². The van der Waals surface area contributed by atoms with Crippen LogP contribution < -0.4 is 16.0 Å². The highest BCUT2D eigenvalue weighted by Crippen LogP contribution is 2.16. The number of alkyl carbamates (subject to hydrolysis) is 1. The van der Waals surface area contributed by atoms with E-state index in [0.717, 1.165) is 64.3 Å². The Hall–Kier alpha value is -0.810. The van der Waals surface area contributed by atoms with Gasteiger partial charge in [0.15, 0.2) is 5.96 Å². The third kappa shape index (κ3) is 12.1. The maximum Gasteiger partial charge on any atom is 0.408 e. The van der Waals surface area contributed by atoms with Crippen LogP contribution in [0.3, 0.4) is 0 Å². The Morgan fingerprint density at radius 2 is 1.77 bits per heavy atom. The molecule has 0 radical (unpaired) electrons. The molecule has 31 heavy (non-hydrogen) atoms. The van der Waals surface area contributed by atoms with Crippen molar-refractivity contribution in [1.29, 1.82) is 0 Å². The van der Waals surface area contributed by atoms with Crippen molar-refractivity contribution in [3.8, 4) is 0 Å². The Kier molecular flexibility index (Phi) is 14.7. The van der Waals surface area contributed by atoms with E-state index in [1.165, 1.54) is 0 Å². The smallest absolute Gasteiger partial charge is 0.408 e. The number of nitrogens with one attached hydrogen (secondary N) is 3. The number of guanidine groups is 1. The van der Waals surface area contributed by atoms with Crippen molar-refractivity contribution in [2.24, 2.45) is 4.99 Å². The van der Waals surface area contributed by atoms with Gasteiger partial charge in [-0.2, -0.15) is 0 Å². The topological polar surface area (TPSA) is 87.2 Å². The van der Waals surface area contributed by atoms with Gasteiger partial charge in [-0.25, -0.2) is 4.79 Å². The van der Waals surface area contributed by atoms with E-state index in [0.29, 0.717) is 12.6 Å². The summed E-state index contributed by atoms with van der Waals surface area (Å²) in [4.78, 5) is 19.2. The minimum atomic E-state index is -0.513. The molecule has 0 unspecified atom stereocenters. The fourth-order valence-corrected chi connectivity index (χ4v) is 3.62. The van der Waals surface area contributed by atoms with Crippen molar-refractivity contribution in [2.45, 2.75) is 83.9 Å². The fraction of sp³-hybridized carbons (Fsp3) is 0.909. The third-order valence-corrected chi connectivity index (χ3v) is 5.69. The SMILES string of the molecule is CCC(CC)(CNC(=NC)NC1CCN(CCCOC)CC1)NC(=O)OC(C)(C)C.I. The van der Waals surface area contributed by atoms with Crippen molar-refractivity contribution in [3.05, 3.63) is 0 Å². The third-order valence-electron chi connectivity index (χ3n) is 5.69. The van der Waals surface area contributed by atoms with Gasteiger partial charge in [0.25, 0.3) is 0 Å². The molecule has 0 bridgehead atoms. The average molecular weight is 556 g/mol. The molecule has 1 fully saturated rings. The molecule has 1 heterocycles. The summed E-state index contributed by atoms with van der Waals surface area (Å²) in [5.41, 5.74) is -0.897. The quantitative estimate of drug-likeness (QED) is 0.166. The van der Waals surface area contributed by atoms with Crippen LogP contribution in [0.1, 0.15) is 66.7 Å². The molecular formula is C22H46IN5O3. The van der Waals surface area contributed by atoms with E-state index in [1.807, 2.05) is 20.8 Å². The van der Waals surface area contributed by atoms with Crippen molar-refractivity contribution >= 4 is 36.0 Å². The van der Waals surface area contributed by atoms with Crippen LogP contribution in [0, 0.1) is 0 Å². The van der Waals surface area contributed by atoms with Crippen LogP contribution in [0.25, 0.3) is 0 Å². The van der Waals surface area contributed by atoms with Crippen LogP contribution in [0.4, 0.5) is 4.79 Å². The Bertz CT molecular complexity index is 528. The number of piperidine rings is 1. The van der Waals surface area contributed by atoms with Gasteiger partial charge in [-0.05, 0) is 52.9 Å². The first-order chi connectivity index (χ1) is 14.2. The van der Waals surface area contributed by atoms with E-state index in [9.17, 15) is 4.79 Å². The average Bonchev–Trinajstić information content (AvgIpc) is 2.70. The van der Waals surface area contributed by atoms with Crippen LogP contribution in [-0.4, -0.2) is 81.1 Å². The number of likely N-dealkylation sites (tertiary alicyclic amines) is 1. The van der Waals surface area contributed by atoms with Crippen LogP contribution >= 0.6 is 24.0 Å². The predicted molar refractivity (Wildman–Crippen MR) is 139 cm³/mol. The van der Waals surface area contributed by atoms with Gasteiger partial charge in [-0.1, -0.05) is 13.8 Å². The van der Waals surface area contributed by atoms with Gasteiger partial charge >= 0.3 is 6.09 Å². The molecule has 0 spiro atoms. The molecule has 0 aromatic rings. The minimum Gasteiger partial charge on any atom is -0.444 e. The van der Waals surface area contributed by atoms with Crippen molar-refractivity contribution < 1.29 is 14.3 Å². The van der Waals surface area contributed by atoms with Gasteiger partial charge in [0.1, 0.15) is 5.60 Å². The molecule has 1 saturated heterocycles. The van der Waals surface area contributed by atoms with E-state index in [2.05, 4.69) is 39.7 Å². The molecule has 0 aromatic heterocycles. The summed E-state index contributed by atoms with van der Waals surface area (Å²) in [5.74, 6) is 0.782. The fourth-order valence-electron chi connectivity index (χ4n) is 3.62. The van der Waals surface area contributed by atoms with Gasteiger partial charge in [0, 0.05) is 53.0 Å². The first-order valence-electron chi connectivity index (χ1n) is 11.4. The summed E-state index contributed by atoms with van der Waals surface area (Å²) in [6.07, 6.45) is 4.49. The summed E-state index contributed by atoms with van der Waals surface area (Å²) in [5, 5.41) is 10.0. The second kappa shape index (κ2) is 15.1. The van der Waals surface area contributed by atoms with Crippen LogP contribution in [0.5, 0.6) is 0 Å². The number of hydrogen-bond acceptors (Lipinski definition) is 5. The molecule has 1 aliphatic rings. The summed E-state index contributed by atoms with van der Waals surface area (Å²) in [6, 6.07) is 0.409. The molecule has 3 N–H and O–H groups in total. The second-order valence-corrected chi connectivity index (χ2v) is 9.15. The highest BCUT2D eigenvalue weighted by atomic mass is 127. The molecule has 1 aliphatic heterocycles. The maximum absolute atomic E-state index is 12.3. The highest BCUT2D eigenvalue weighted by Gasteiger charge is 2.31. The lowest BCUT2D eigenvalue weighted by Crippen LogP contribution is -2.58. The number of carbonyl (C=O) groups excluding carboxylic acids is 1. The number of carbonyl (C=O) groups is 1. The maximum atomic E-state index is 12.3. The van der Waals surface area contributed by atoms with E-state index in [1.54, 1.807) is 14.2 Å². The standard InChI is InChI=1S/C22H45N5O3.HI/c1-8-22(9-2,26-20(28)30-21(3,4)5)17-24-19(23-6)25-18-11-14-27(15-12-18)13-10-16-29-7;/h18H,8-17H2,1-7H3,(H,26,28)(H2,23,24,25);1H. The zero-order valence-electron chi connectivity index (χ0n) is 20.7. The monoisotopic (exact) mass is 555 g/mol. The normalized spacial score (nSPS) is 16.4. The molecule has 9 heteroatoms. The first kappa shape index (κ1) is 30.2. The number of hydrogen-bond donors (Lipinski definition) is 3. The van der Waals surface area contributed by atoms with Gasteiger partial charge in [-0.15, -0.1) is 24.0 Å². The Labute approximate surface area is 206 Å². The second-order valence-electron chi connectivity index (χ2n) is 9.15. The molecule has 8 nitrogen and oxygen atoms in total. The summed E-state index contributed by atoms with van der Waals surface area (Å²) in [7, 11) is 3.54. The van der Waals surface area contributed by atoms with Gasteiger partial charge in [0.05, 0.1) is 5.54 Å². The van der Waals surface area contributed by atoms with E-state index < -0.39 is 5.60 Å². The van der Waals surface area contributed by atoms with Gasteiger partial charge < -0.3 is 30.3 Å². The molecule has 0 aliphatic carbocycles. The van der Waals surface area contributed by atoms with E-state index in [4.69, 9.17) is 9.47 Å². The number of methoxy groups -OCH3 is 1. The van der Waals surface area contributed by atoms with Gasteiger partial charge in [0.2, 0.25) is 0 Å². The lowest BCUT2D eigenvalue weighted by Gasteiger charge is -2.36. The zero-order chi connectivity index (χ0) is 22.6. The first-order valence-corrected chi connectivity index (χ1v) is 11.4. The molecule has 184 valence electrons. The zero-order valence-corrected chi connectivity index (χ0v) is 23.0. The number of rotatable bonds is 10. The Morgan fingerprint density at radius 3 is 2.26 bits per heavy atom. The summed E-state index contributed by atoms with van der Waals surface area (Å²) < 4.78 is 10.6. The number of nitrogens with zero attached hydrogens (tertiary/aromatic N) is 2. The summed E-state index contributed by atoms with van der Waals surface area (Å²) >= 11 is 0. The van der Waals surface area contributed by atoms with Crippen molar-refractivity contribution in [2.75, 3.05) is 46.9 Å². The summed E-state index contributed by atoms with van der Waals surface area (Å²) in [6.45, 7) is 14.5. The Morgan fingerprint density at radius 1 is 1.16 bits per heavy atom. The van der Waals surface area contributed by atoms with Crippen LogP contribution in [0.15, 0.2) is 4.99 Å². The molecule has 0 atom stereocenters. The molecule has 1 rings (SSSR count). The largest absolute Gasteiger partial charge is 0.444 e. The molecular weight excluding hydrogens is 509 g/mol. The Balaban J connectivity index is 0.00000900. The van der Waals surface area contributed by atoms with Crippen molar-refractivity contribution in [3.63, 3.8) is 0 Å². The molecule has 0 aromatic carbocycles. The van der Waals surface area contributed by atoms with Crippen LogP contribution in [-0.2, 0) is 9.47 Å². The van der Waals surface area contributed by atoms with Gasteiger partial charge in [-0.3, -0.25) is 4.99 Å².